The zero-order chi connectivity index (χ0) is 13.1. The lowest BCUT2D eigenvalue weighted by molar-refractivity contribution is 0.00688. The van der Waals surface area contributed by atoms with Crippen molar-refractivity contribution in [1.82, 2.24) is 0 Å². The Morgan fingerprint density at radius 3 is 1.82 bits per heavy atom. The first-order valence-electron chi connectivity index (χ1n) is 5.32. The van der Waals surface area contributed by atoms with Crippen molar-refractivity contribution in [2.24, 2.45) is 0 Å². The van der Waals surface area contributed by atoms with Gasteiger partial charge >= 0.3 is 5.97 Å². The van der Waals surface area contributed by atoms with Crippen molar-refractivity contribution in [3.63, 3.8) is 0 Å². The van der Waals surface area contributed by atoms with Crippen LogP contribution in [0.1, 0.15) is 31.1 Å². The third-order valence-electron chi connectivity index (χ3n) is 1.99. The van der Waals surface area contributed by atoms with Crippen LogP contribution in [-0.2, 0) is 4.74 Å². The third-order valence-corrected chi connectivity index (χ3v) is 1.99. The van der Waals surface area contributed by atoms with Crippen LogP contribution in [0, 0.1) is 0 Å². The second kappa shape index (κ2) is 5.08. The Labute approximate surface area is 101 Å². The van der Waals surface area contributed by atoms with Crippen molar-refractivity contribution in [3.8, 4) is 11.5 Å². The van der Waals surface area contributed by atoms with Gasteiger partial charge in [-0.2, -0.15) is 0 Å². The number of benzene rings is 1. The van der Waals surface area contributed by atoms with Crippen molar-refractivity contribution in [1.29, 1.82) is 0 Å². The molecule has 0 aliphatic heterocycles. The van der Waals surface area contributed by atoms with Crippen LogP contribution in [0.5, 0.6) is 11.5 Å². The van der Waals surface area contributed by atoms with Gasteiger partial charge in [0.15, 0.2) is 0 Å². The Kier molecular flexibility index (Phi) is 3.99. The minimum Gasteiger partial charge on any atom is -0.497 e. The molecule has 4 nitrogen and oxygen atoms in total. The largest absolute Gasteiger partial charge is 0.497 e. The van der Waals surface area contributed by atoms with E-state index in [1.54, 1.807) is 18.2 Å². The van der Waals surface area contributed by atoms with Crippen molar-refractivity contribution in [2.45, 2.75) is 26.4 Å². The SMILES string of the molecule is COc1cc(OC)cc(C(=O)OC(C)(C)C)c1. The molecule has 0 spiro atoms. The van der Waals surface area contributed by atoms with E-state index in [1.165, 1.54) is 14.2 Å². The van der Waals surface area contributed by atoms with Gasteiger partial charge in [-0.15, -0.1) is 0 Å². The Hall–Kier alpha value is -1.71. The molecule has 0 aliphatic rings. The van der Waals surface area contributed by atoms with Crippen LogP contribution < -0.4 is 9.47 Å². The standard InChI is InChI=1S/C13H18O4/c1-13(2,3)17-12(14)9-6-10(15-4)8-11(7-9)16-5/h6-8H,1-5H3. The van der Waals surface area contributed by atoms with Gasteiger partial charge < -0.3 is 14.2 Å². The lowest BCUT2D eigenvalue weighted by Gasteiger charge is -2.19. The van der Waals surface area contributed by atoms with E-state index in [9.17, 15) is 4.79 Å². The molecule has 0 saturated heterocycles. The summed E-state index contributed by atoms with van der Waals surface area (Å²) in [6.07, 6.45) is 0. The molecule has 0 saturated carbocycles. The molecular weight excluding hydrogens is 220 g/mol. The molecule has 0 atom stereocenters. The summed E-state index contributed by atoms with van der Waals surface area (Å²) in [5, 5.41) is 0. The van der Waals surface area contributed by atoms with Crippen LogP contribution in [0.3, 0.4) is 0 Å². The van der Waals surface area contributed by atoms with Crippen molar-refractivity contribution in [2.75, 3.05) is 14.2 Å². The number of carbonyl (C=O) groups excluding carboxylic acids is 1. The first kappa shape index (κ1) is 13.4. The molecule has 0 fully saturated rings. The summed E-state index contributed by atoms with van der Waals surface area (Å²) in [5.41, 5.74) is -0.107. The molecule has 0 aromatic heterocycles. The minimum absolute atomic E-state index is 0.394. The van der Waals surface area contributed by atoms with Crippen molar-refractivity contribution in [3.05, 3.63) is 23.8 Å². The number of rotatable bonds is 3. The van der Waals surface area contributed by atoms with Gasteiger partial charge in [-0.1, -0.05) is 0 Å². The number of hydrogen-bond donors (Lipinski definition) is 0. The lowest BCUT2D eigenvalue weighted by Crippen LogP contribution is -2.23. The fraction of sp³-hybridized carbons (Fsp3) is 0.462. The fourth-order valence-electron chi connectivity index (χ4n) is 1.26. The summed E-state index contributed by atoms with van der Waals surface area (Å²) in [7, 11) is 3.07. The third kappa shape index (κ3) is 3.98. The van der Waals surface area contributed by atoms with Crippen LogP contribution in [0.2, 0.25) is 0 Å². The summed E-state index contributed by atoms with van der Waals surface area (Å²) in [6, 6.07) is 4.95. The van der Waals surface area contributed by atoms with E-state index in [1.807, 2.05) is 20.8 Å². The van der Waals surface area contributed by atoms with Gasteiger partial charge in [0.05, 0.1) is 19.8 Å². The van der Waals surface area contributed by atoms with Crippen LogP contribution >= 0.6 is 0 Å². The summed E-state index contributed by atoms with van der Waals surface area (Å²) in [4.78, 5) is 11.9. The summed E-state index contributed by atoms with van der Waals surface area (Å²) >= 11 is 0. The van der Waals surface area contributed by atoms with Gasteiger partial charge in [0.25, 0.3) is 0 Å². The fourth-order valence-corrected chi connectivity index (χ4v) is 1.26. The highest BCUT2D eigenvalue weighted by Crippen LogP contribution is 2.24. The van der Waals surface area contributed by atoms with E-state index in [-0.39, 0.29) is 0 Å². The molecule has 0 N–H and O–H groups in total. The second-order valence-corrected chi connectivity index (χ2v) is 4.60. The number of carbonyl (C=O) groups is 1. The first-order chi connectivity index (χ1) is 7.85. The molecule has 0 unspecified atom stereocenters. The minimum atomic E-state index is -0.520. The van der Waals surface area contributed by atoms with Gasteiger partial charge in [0.1, 0.15) is 17.1 Å². The number of esters is 1. The lowest BCUT2D eigenvalue weighted by atomic mass is 10.1. The number of methoxy groups -OCH3 is 2. The van der Waals surface area contributed by atoms with Crippen LogP contribution in [0.4, 0.5) is 0 Å². The highest BCUT2D eigenvalue weighted by molar-refractivity contribution is 5.90. The topological polar surface area (TPSA) is 44.8 Å². The van der Waals surface area contributed by atoms with Crippen LogP contribution in [-0.4, -0.2) is 25.8 Å². The maximum absolute atomic E-state index is 11.9. The molecule has 0 heterocycles. The molecule has 1 aromatic rings. The maximum Gasteiger partial charge on any atom is 0.338 e. The molecule has 4 heteroatoms. The summed E-state index contributed by atoms with van der Waals surface area (Å²) < 4.78 is 15.5. The molecular formula is C13H18O4. The molecule has 0 radical (unpaired) electrons. The van der Waals surface area contributed by atoms with E-state index < -0.39 is 11.6 Å². The average molecular weight is 238 g/mol. The second-order valence-electron chi connectivity index (χ2n) is 4.60. The van der Waals surface area contributed by atoms with Gasteiger partial charge in [-0.25, -0.2) is 4.79 Å². The van der Waals surface area contributed by atoms with Crippen LogP contribution in [0.25, 0.3) is 0 Å². The van der Waals surface area contributed by atoms with Gasteiger partial charge in [0, 0.05) is 6.07 Å². The molecule has 1 aromatic carbocycles. The number of ether oxygens (including phenoxy) is 3. The zero-order valence-electron chi connectivity index (χ0n) is 10.9. The highest BCUT2D eigenvalue weighted by Gasteiger charge is 2.19. The quantitative estimate of drug-likeness (QED) is 0.759. The zero-order valence-corrected chi connectivity index (χ0v) is 10.9. The predicted octanol–water partition coefficient (Wildman–Crippen LogP) is 2.66. The van der Waals surface area contributed by atoms with Gasteiger partial charge in [-0.3, -0.25) is 0 Å². The molecule has 17 heavy (non-hydrogen) atoms. The van der Waals surface area contributed by atoms with Crippen LogP contribution in [0.15, 0.2) is 18.2 Å². The Balaban J connectivity index is 3.00. The summed E-state index contributed by atoms with van der Waals surface area (Å²) in [5.74, 6) is 0.727. The van der Waals surface area contributed by atoms with Gasteiger partial charge in [0.2, 0.25) is 0 Å². The maximum atomic E-state index is 11.9. The highest BCUT2D eigenvalue weighted by atomic mass is 16.6. The number of hydrogen-bond acceptors (Lipinski definition) is 4. The first-order valence-corrected chi connectivity index (χ1v) is 5.32. The van der Waals surface area contributed by atoms with E-state index in [0.717, 1.165) is 0 Å². The van der Waals surface area contributed by atoms with E-state index in [2.05, 4.69) is 0 Å². The summed E-state index contributed by atoms with van der Waals surface area (Å²) in [6.45, 7) is 5.47. The normalized spacial score (nSPS) is 10.9. The molecule has 0 amide bonds. The molecule has 0 bridgehead atoms. The predicted molar refractivity (Wildman–Crippen MR) is 64.7 cm³/mol. The Morgan fingerprint density at radius 2 is 1.47 bits per heavy atom. The Bertz CT molecular complexity index is 382. The molecule has 1 rings (SSSR count). The van der Waals surface area contributed by atoms with Gasteiger partial charge in [-0.05, 0) is 32.9 Å². The smallest absolute Gasteiger partial charge is 0.338 e. The molecule has 94 valence electrons. The van der Waals surface area contributed by atoms with E-state index in [0.29, 0.717) is 17.1 Å². The van der Waals surface area contributed by atoms with Crippen molar-refractivity contribution < 1.29 is 19.0 Å². The Morgan fingerprint density at radius 1 is 1.00 bits per heavy atom. The molecule has 0 aliphatic carbocycles. The van der Waals surface area contributed by atoms with E-state index in [4.69, 9.17) is 14.2 Å². The monoisotopic (exact) mass is 238 g/mol. The van der Waals surface area contributed by atoms with Crippen molar-refractivity contribution >= 4 is 5.97 Å². The average Bonchev–Trinajstić information content (AvgIpc) is 2.26. The van der Waals surface area contributed by atoms with E-state index >= 15 is 0 Å².